The van der Waals surface area contributed by atoms with Crippen molar-refractivity contribution in [2.45, 2.75) is 24.0 Å². The van der Waals surface area contributed by atoms with Gasteiger partial charge in [0.05, 0.1) is 5.69 Å². The van der Waals surface area contributed by atoms with Crippen molar-refractivity contribution in [1.82, 2.24) is 9.97 Å². The van der Waals surface area contributed by atoms with Gasteiger partial charge in [-0.1, -0.05) is 30.8 Å². The number of nitrogen functional groups attached to an aromatic ring is 1. The zero-order chi connectivity index (χ0) is 15.2. The van der Waals surface area contributed by atoms with E-state index in [0.717, 1.165) is 5.56 Å². The van der Waals surface area contributed by atoms with Crippen LogP contribution >= 0.6 is 11.8 Å². The number of rotatable bonds is 6. The van der Waals surface area contributed by atoms with Crippen molar-refractivity contribution < 1.29 is 8.78 Å². The standard InChI is InChI=1S/C13H15F2N5S/c1-2-8-11(17-7-18-12(8)20-16)19-9-5-3-4-6-10(9)21-13(14)15/h3-7,13H,2,16H2,1H3,(H2,17,18,19,20). The molecular weight excluding hydrogens is 296 g/mol. The number of nitrogens with zero attached hydrogens (tertiary/aromatic N) is 2. The molecule has 0 aliphatic carbocycles. The molecule has 8 heteroatoms. The molecule has 1 heterocycles. The number of nitrogens with two attached hydrogens (primary N) is 1. The summed E-state index contributed by atoms with van der Waals surface area (Å²) in [6.07, 6.45) is 2.01. The van der Waals surface area contributed by atoms with Crippen LogP contribution in [-0.2, 0) is 6.42 Å². The van der Waals surface area contributed by atoms with Crippen LogP contribution in [0.15, 0.2) is 35.5 Å². The highest BCUT2D eigenvalue weighted by Crippen LogP contribution is 2.34. The summed E-state index contributed by atoms with van der Waals surface area (Å²) >= 11 is 0.488. The zero-order valence-corrected chi connectivity index (χ0v) is 12.1. The third kappa shape index (κ3) is 3.79. The maximum Gasteiger partial charge on any atom is 0.288 e. The first-order chi connectivity index (χ1) is 10.2. The average Bonchev–Trinajstić information content (AvgIpc) is 2.48. The van der Waals surface area contributed by atoms with Gasteiger partial charge in [-0.25, -0.2) is 15.8 Å². The fourth-order valence-electron chi connectivity index (χ4n) is 1.88. The first-order valence-electron chi connectivity index (χ1n) is 6.27. The van der Waals surface area contributed by atoms with Gasteiger partial charge in [0.1, 0.15) is 18.0 Å². The SMILES string of the molecule is CCc1c(NN)ncnc1Nc1ccccc1SC(F)F. The highest BCUT2D eigenvalue weighted by Gasteiger charge is 2.13. The van der Waals surface area contributed by atoms with Gasteiger partial charge in [0.2, 0.25) is 0 Å². The Hall–Kier alpha value is -1.93. The third-order valence-electron chi connectivity index (χ3n) is 2.79. The molecule has 1 aromatic heterocycles. The Morgan fingerprint density at radius 3 is 2.62 bits per heavy atom. The molecule has 0 spiro atoms. The van der Waals surface area contributed by atoms with E-state index in [4.69, 9.17) is 5.84 Å². The summed E-state index contributed by atoms with van der Waals surface area (Å²) < 4.78 is 25.2. The molecule has 1 aromatic carbocycles. The first-order valence-corrected chi connectivity index (χ1v) is 7.15. The Morgan fingerprint density at radius 2 is 1.95 bits per heavy atom. The Labute approximate surface area is 125 Å². The van der Waals surface area contributed by atoms with Crippen LogP contribution in [0.1, 0.15) is 12.5 Å². The quantitative estimate of drug-likeness (QED) is 0.431. The molecule has 0 bridgehead atoms. The predicted octanol–water partition coefficient (Wildman–Crippen LogP) is 3.38. The Balaban J connectivity index is 2.34. The molecule has 2 rings (SSSR count). The van der Waals surface area contributed by atoms with Crippen molar-refractivity contribution in [2.75, 3.05) is 10.7 Å². The Kier molecular flexibility index (Phi) is 5.29. The van der Waals surface area contributed by atoms with Crippen LogP contribution in [0, 0.1) is 0 Å². The van der Waals surface area contributed by atoms with Crippen molar-refractivity contribution in [3.8, 4) is 0 Å². The van der Waals surface area contributed by atoms with Crippen molar-refractivity contribution in [3.63, 3.8) is 0 Å². The molecule has 0 amide bonds. The number of hydrazine groups is 1. The molecule has 5 nitrogen and oxygen atoms in total. The Bertz CT molecular complexity index is 609. The lowest BCUT2D eigenvalue weighted by atomic mass is 10.2. The van der Waals surface area contributed by atoms with E-state index < -0.39 is 5.76 Å². The second-order valence-electron chi connectivity index (χ2n) is 4.05. The van der Waals surface area contributed by atoms with E-state index in [0.29, 0.717) is 40.4 Å². The van der Waals surface area contributed by atoms with Gasteiger partial charge < -0.3 is 10.7 Å². The summed E-state index contributed by atoms with van der Waals surface area (Å²) in [4.78, 5) is 8.64. The van der Waals surface area contributed by atoms with Crippen LogP contribution in [0.25, 0.3) is 0 Å². The highest BCUT2D eigenvalue weighted by molar-refractivity contribution is 7.99. The summed E-state index contributed by atoms with van der Waals surface area (Å²) in [5.41, 5.74) is 3.86. The summed E-state index contributed by atoms with van der Waals surface area (Å²) in [6.45, 7) is 1.94. The number of hydrogen-bond acceptors (Lipinski definition) is 6. The molecule has 21 heavy (non-hydrogen) atoms. The molecule has 0 saturated heterocycles. The van der Waals surface area contributed by atoms with E-state index in [2.05, 4.69) is 20.7 Å². The summed E-state index contributed by atoms with van der Waals surface area (Å²) in [5, 5.41) is 3.07. The molecule has 0 fully saturated rings. The van der Waals surface area contributed by atoms with Gasteiger partial charge in [0, 0.05) is 10.5 Å². The van der Waals surface area contributed by atoms with Gasteiger partial charge in [-0.2, -0.15) is 8.78 Å². The van der Waals surface area contributed by atoms with Crippen LogP contribution in [0.3, 0.4) is 0 Å². The molecule has 0 unspecified atom stereocenters. The maximum absolute atomic E-state index is 12.6. The fraction of sp³-hybridized carbons (Fsp3) is 0.231. The number of anilines is 3. The number of halogens is 2. The van der Waals surface area contributed by atoms with E-state index in [1.165, 1.54) is 6.33 Å². The van der Waals surface area contributed by atoms with E-state index in [1.54, 1.807) is 24.3 Å². The minimum atomic E-state index is -2.48. The van der Waals surface area contributed by atoms with Gasteiger partial charge in [0.25, 0.3) is 5.76 Å². The fourth-order valence-corrected chi connectivity index (χ4v) is 2.47. The minimum absolute atomic E-state index is 0.454. The molecular formula is C13H15F2N5S. The number of para-hydroxylation sites is 1. The lowest BCUT2D eigenvalue weighted by molar-refractivity contribution is 0.252. The van der Waals surface area contributed by atoms with E-state index in [-0.39, 0.29) is 0 Å². The molecule has 0 radical (unpaired) electrons. The third-order valence-corrected chi connectivity index (χ3v) is 3.58. The maximum atomic E-state index is 12.6. The van der Waals surface area contributed by atoms with Crippen LogP contribution in [0.4, 0.5) is 26.1 Å². The molecule has 0 aliphatic rings. The van der Waals surface area contributed by atoms with Gasteiger partial charge in [-0.3, -0.25) is 0 Å². The van der Waals surface area contributed by atoms with Crippen LogP contribution < -0.4 is 16.6 Å². The largest absolute Gasteiger partial charge is 0.339 e. The number of nitrogens with one attached hydrogen (secondary N) is 2. The lowest BCUT2D eigenvalue weighted by Gasteiger charge is -2.14. The number of thioether (sulfide) groups is 1. The van der Waals surface area contributed by atoms with E-state index >= 15 is 0 Å². The summed E-state index contributed by atoms with van der Waals surface area (Å²) in [5.74, 6) is 3.98. The molecule has 0 saturated carbocycles. The van der Waals surface area contributed by atoms with Gasteiger partial charge in [-0.05, 0) is 18.6 Å². The molecule has 2 aromatic rings. The minimum Gasteiger partial charge on any atom is -0.339 e. The lowest BCUT2D eigenvalue weighted by Crippen LogP contribution is -2.13. The van der Waals surface area contributed by atoms with Crippen molar-refractivity contribution in [1.29, 1.82) is 0 Å². The summed E-state index contributed by atoms with van der Waals surface area (Å²) in [7, 11) is 0. The average molecular weight is 311 g/mol. The second kappa shape index (κ2) is 7.19. The molecule has 0 atom stereocenters. The first kappa shape index (κ1) is 15.5. The van der Waals surface area contributed by atoms with Crippen molar-refractivity contribution >= 4 is 29.1 Å². The second-order valence-corrected chi connectivity index (χ2v) is 5.08. The van der Waals surface area contributed by atoms with Crippen LogP contribution in [-0.4, -0.2) is 15.7 Å². The van der Waals surface area contributed by atoms with E-state index in [1.807, 2.05) is 6.92 Å². The van der Waals surface area contributed by atoms with E-state index in [9.17, 15) is 8.78 Å². The highest BCUT2D eigenvalue weighted by atomic mass is 32.2. The van der Waals surface area contributed by atoms with Crippen LogP contribution in [0.2, 0.25) is 0 Å². The number of alkyl halides is 2. The number of benzene rings is 1. The Morgan fingerprint density at radius 1 is 1.24 bits per heavy atom. The number of hydrogen-bond donors (Lipinski definition) is 3. The monoisotopic (exact) mass is 311 g/mol. The topological polar surface area (TPSA) is 75.9 Å². The molecule has 112 valence electrons. The number of aromatic nitrogens is 2. The van der Waals surface area contributed by atoms with Crippen molar-refractivity contribution in [3.05, 3.63) is 36.2 Å². The van der Waals surface area contributed by atoms with Crippen molar-refractivity contribution in [2.24, 2.45) is 5.84 Å². The zero-order valence-electron chi connectivity index (χ0n) is 11.3. The van der Waals surface area contributed by atoms with Gasteiger partial charge in [-0.15, -0.1) is 0 Å². The van der Waals surface area contributed by atoms with Gasteiger partial charge in [0.15, 0.2) is 0 Å². The van der Waals surface area contributed by atoms with Crippen LogP contribution in [0.5, 0.6) is 0 Å². The predicted molar refractivity (Wildman–Crippen MR) is 80.8 cm³/mol. The van der Waals surface area contributed by atoms with Gasteiger partial charge >= 0.3 is 0 Å². The summed E-state index contributed by atoms with van der Waals surface area (Å²) in [6, 6.07) is 6.84. The normalized spacial score (nSPS) is 10.7. The molecule has 0 aliphatic heterocycles. The molecule has 4 N–H and O–H groups in total. The smallest absolute Gasteiger partial charge is 0.288 e.